The molecule has 2 aliphatic heterocycles. The number of aryl methyl sites for hydroxylation is 1. The van der Waals surface area contributed by atoms with E-state index in [2.05, 4.69) is 67.3 Å². The Balaban J connectivity index is 1.70. The fraction of sp³-hybridized carbons (Fsp3) is 0.278. The monoisotopic (exact) mass is 262 g/mol. The van der Waals surface area contributed by atoms with Crippen molar-refractivity contribution in [3.8, 4) is 0 Å². The van der Waals surface area contributed by atoms with Crippen molar-refractivity contribution in [2.75, 3.05) is 0 Å². The number of nitrogens with zero attached hydrogens (tertiary/aromatic N) is 2. The molecule has 0 aliphatic carbocycles. The first kappa shape index (κ1) is 11.7. The normalized spacial score (nSPS) is 23.5. The first-order valence-electron chi connectivity index (χ1n) is 7.24. The highest BCUT2D eigenvalue weighted by Crippen LogP contribution is 2.45. The molecule has 0 amide bonds. The second kappa shape index (κ2) is 4.20. The first-order valence-corrected chi connectivity index (χ1v) is 7.24. The Bertz CT molecular complexity index is 685. The highest BCUT2D eigenvalue weighted by atomic mass is 15.3. The molecule has 100 valence electrons. The molecule has 4 rings (SSSR count). The van der Waals surface area contributed by atoms with Crippen LogP contribution in [0.3, 0.4) is 0 Å². The number of rotatable bonds is 1. The van der Waals surface area contributed by atoms with Crippen molar-refractivity contribution < 1.29 is 0 Å². The third-order valence-electron chi connectivity index (χ3n) is 4.50. The van der Waals surface area contributed by atoms with E-state index < -0.39 is 0 Å². The zero-order valence-corrected chi connectivity index (χ0v) is 11.9. The van der Waals surface area contributed by atoms with E-state index in [0.717, 1.165) is 12.2 Å². The number of aliphatic imine (C=N–C) groups is 1. The van der Waals surface area contributed by atoms with Crippen LogP contribution in [-0.2, 0) is 6.54 Å². The molecule has 1 saturated heterocycles. The third-order valence-corrected chi connectivity index (χ3v) is 4.50. The van der Waals surface area contributed by atoms with Crippen LogP contribution in [-0.4, -0.2) is 10.7 Å². The number of amidine groups is 1. The molecular weight excluding hydrogens is 244 g/mol. The molecule has 2 aromatic carbocycles. The Labute approximate surface area is 119 Å². The molecule has 2 aliphatic rings. The molecule has 20 heavy (non-hydrogen) atoms. The highest BCUT2D eigenvalue weighted by Gasteiger charge is 2.44. The summed E-state index contributed by atoms with van der Waals surface area (Å²) in [5.41, 5.74) is 5.20. The Morgan fingerprint density at radius 3 is 2.60 bits per heavy atom. The number of benzene rings is 2. The maximum Gasteiger partial charge on any atom is 0.111 e. The van der Waals surface area contributed by atoms with Gasteiger partial charge < -0.3 is 4.90 Å². The van der Waals surface area contributed by atoms with E-state index in [1.165, 1.54) is 22.5 Å². The van der Waals surface area contributed by atoms with Gasteiger partial charge in [0.2, 0.25) is 0 Å². The average Bonchev–Trinajstić information content (AvgIpc) is 2.48. The number of fused-ring (bicyclic) bond motifs is 2. The van der Waals surface area contributed by atoms with Crippen LogP contribution in [0.1, 0.15) is 29.7 Å². The fourth-order valence-electron chi connectivity index (χ4n) is 3.37. The molecule has 0 unspecified atom stereocenters. The predicted molar refractivity (Wildman–Crippen MR) is 82.2 cm³/mol. The van der Waals surface area contributed by atoms with Crippen LogP contribution in [0.4, 0.5) is 5.69 Å². The van der Waals surface area contributed by atoms with Crippen LogP contribution in [0.15, 0.2) is 53.5 Å². The number of hydrogen-bond acceptors (Lipinski definition) is 2. The summed E-state index contributed by atoms with van der Waals surface area (Å²) in [6, 6.07) is 17.9. The quantitative estimate of drug-likeness (QED) is 0.751. The molecule has 2 nitrogen and oxygen atoms in total. The van der Waals surface area contributed by atoms with Crippen molar-refractivity contribution in [3.63, 3.8) is 0 Å². The minimum atomic E-state index is 0.475. The largest absolute Gasteiger partial charge is 0.348 e. The van der Waals surface area contributed by atoms with Crippen LogP contribution >= 0.6 is 0 Å². The lowest BCUT2D eigenvalue weighted by Crippen LogP contribution is -2.54. The van der Waals surface area contributed by atoms with Gasteiger partial charge in [-0.2, -0.15) is 0 Å². The summed E-state index contributed by atoms with van der Waals surface area (Å²) >= 11 is 0. The Morgan fingerprint density at radius 2 is 1.80 bits per heavy atom. The van der Waals surface area contributed by atoms with E-state index in [4.69, 9.17) is 4.99 Å². The SMILES string of the molecule is Cc1ccc([C@@H]2[C@H](C)C3=Nc4ccccc4CN32)cc1. The van der Waals surface area contributed by atoms with Crippen LogP contribution in [0.2, 0.25) is 0 Å². The van der Waals surface area contributed by atoms with Gasteiger partial charge in [0.1, 0.15) is 5.84 Å². The van der Waals surface area contributed by atoms with Crippen molar-refractivity contribution in [2.45, 2.75) is 26.4 Å². The van der Waals surface area contributed by atoms with Crippen molar-refractivity contribution in [1.82, 2.24) is 4.90 Å². The van der Waals surface area contributed by atoms with Gasteiger partial charge in [0.15, 0.2) is 0 Å². The second-order valence-corrected chi connectivity index (χ2v) is 5.87. The fourth-order valence-corrected chi connectivity index (χ4v) is 3.37. The van der Waals surface area contributed by atoms with E-state index in [1.807, 2.05) is 0 Å². The molecule has 0 N–H and O–H groups in total. The molecular formula is C18H18N2. The molecule has 0 bridgehead atoms. The summed E-state index contributed by atoms with van der Waals surface area (Å²) in [4.78, 5) is 7.27. The second-order valence-electron chi connectivity index (χ2n) is 5.87. The lowest BCUT2D eigenvalue weighted by Gasteiger charge is -2.51. The summed E-state index contributed by atoms with van der Waals surface area (Å²) in [5.74, 6) is 1.75. The third kappa shape index (κ3) is 1.61. The van der Waals surface area contributed by atoms with E-state index in [-0.39, 0.29) is 0 Å². The topological polar surface area (TPSA) is 15.6 Å². The summed E-state index contributed by atoms with van der Waals surface area (Å²) in [5, 5.41) is 0. The van der Waals surface area contributed by atoms with Crippen LogP contribution < -0.4 is 0 Å². The van der Waals surface area contributed by atoms with E-state index in [0.29, 0.717) is 12.0 Å². The van der Waals surface area contributed by atoms with Gasteiger partial charge in [-0.1, -0.05) is 55.0 Å². The number of para-hydroxylation sites is 1. The van der Waals surface area contributed by atoms with Gasteiger partial charge in [-0.3, -0.25) is 0 Å². The van der Waals surface area contributed by atoms with Gasteiger partial charge >= 0.3 is 0 Å². The van der Waals surface area contributed by atoms with Crippen molar-refractivity contribution in [2.24, 2.45) is 10.9 Å². The van der Waals surface area contributed by atoms with Gasteiger partial charge in [0.05, 0.1) is 11.7 Å². The van der Waals surface area contributed by atoms with E-state index in [9.17, 15) is 0 Å². The minimum Gasteiger partial charge on any atom is -0.348 e. The maximum absolute atomic E-state index is 4.83. The Kier molecular flexibility index (Phi) is 2.46. The van der Waals surface area contributed by atoms with Crippen LogP contribution in [0.25, 0.3) is 0 Å². The molecule has 2 heteroatoms. The molecule has 0 aromatic heterocycles. The minimum absolute atomic E-state index is 0.475. The Hall–Kier alpha value is -2.09. The molecule has 0 spiro atoms. The molecule has 0 saturated carbocycles. The van der Waals surface area contributed by atoms with Gasteiger partial charge in [-0.05, 0) is 24.1 Å². The first-order chi connectivity index (χ1) is 9.74. The smallest absolute Gasteiger partial charge is 0.111 e. The van der Waals surface area contributed by atoms with Crippen molar-refractivity contribution in [3.05, 3.63) is 65.2 Å². The lowest BCUT2D eigenvalue weighted by molar-refractivity contribution is 0.177. The molecule has 0 radical (unpaired) electrons. The van der Waals surface area contributed by atoms with E-state index in [1.54, 1.807) is 0 Å². The molecule has 2 atom stereocenters. The maximum atomic E-state index is 4.83. The van der Waals surface area contributed by atoms with Gasteiger partial charge in [-0.25, -0.2) is 4.99 Å². The summed E-state index contributed by atoms with van der Waals surface area (Å²) in [6.07, 6.45) is 0. The van der Waals surface area contributed by atoms with Crippen LogP contribution in [0.5, 0.6) is 0 Å². The van der Waals surface area contributed by atoms with Gasteiger partial charge in [-0.15, -0.1) is 0 Å². The van der Waals surface area contributed by atoms with Crippen molar-refractivity contribution >= 4 is 11.5 Å². The van der Waals surface area contributed by atoms with Gasteiger partial charge in [0, 0.05) is 12.5 Å². The zero-order chi connectivity index (χ0) is 13.7. The summed E-state index contributed by atoms with van der Waals surface area (Å²) in [6.45, 7) is 5.41. The summed E-state index contributed by atoms with van der Waals surface area (Å²) in [7, 11) is 0. The standard InChI is InChI=1S/C18H18N2/c1-12-7-9-14(10-8-12)17-13(2)18-19-16-6-4-3-5-15(16)11-20(17)18/h3-10,13,17H,11H2,1-2H3/t13-,17-/m0/s1. The summed E-state index contributed by atoms with van der Waals surface area (Å²) < 4.78 is 0. The van der Waals surface area contributed by atoms with Gasteiger partial charge in [0.25, 0.3) is 0 Å². The number of hydrogen-bond donors (Lipinski definition) is 0. The molecule has 2 aromatic rings. The zero-order valence-electron chi connectivity index (χ0n) is 11.9. The average molecular weight is 262 g/mol. The predicted octanol–water partition coefficient (Wildman–Crippen LogP) is 4.23. The van der Waals surface area contributed by atoms with Crippen LogP contribution in [0, 0.1) is 12.8 Å². The highest BCUT2D eigenvalue weighted by molar-refractivity contribution is 5.94. The van der Waals surface area contributed by atoms with Crippen molar-refractivity contribution in [1.29, 1.82) is 0 Å². The Morgan fingerprint density at radius 1 is 1.05 bits per heavy atom. The molecule has 1 fully saturated rings. The lowest BCUT2D eigenvalue weighted by atomic mass is 9.81. The molecule has 2 heterocycles. The van der Waals surface area contributed by atoms with E-state index >= 15 is 0 Å².